The molecule has 0 saturated heterocycles. The van der Waals surface area contributed by atoms with Gasteiger partial charge in [-0.15, -0.1) is 0 Å². The van der Waals surface area contributed by atoms with E-state index in [1.54, 1.807) is 13.3 Å². The smallest absolute Gasteiger partial charge is 0.138 e. The number of hydrogen-bond acceptors (Lipinski definition) is 4. The molecule has 84 valence electrons. The van der Waals surface area contributed by atoms with Crippen LogP contribution in [0, 0.1) is 0 Å². The zero-order valence-corrected chi connectivity index (χ0v) is 9.43. The highest BCUT2D eigenvalue weighted by atomic mass is 16.5. The van der Waals surface area contributed by atoms with Gasteiger partial charge >= 0.3 is 0 Å². The lowest BCUT2D eigenvalue weighted by molar-refractivity contribution is 0.0918. The molecule has 1 aromatic heterocycles. The Morgan fingerprint density at radius 3 is 2.60 bits per heavy atom. The molecule has 0 radical (unpaired) electrons. The highest BCUT2D eigenvalue weighted by Crippen LogP contribution is 2.14. The molecular weight excluding hydrogens is 192 g/mol. The molecule has 4 nitrogen and oxygen atoms in total. The molecule has 2 N–H and O–H groups in total. The monoisotopic (exact) mass is 210 g/mol. The van der Waals surface area contributed by atoms with Crippen LogP contribution >= 0.6 is 0 Å². The maximum Gasteiger partial charge on any atom is 0.138 e. The normalized spacial score (nSPS) is 14.7. The summed E-state index contributed by atoms with van der Waals surface area (Å²) in [6.45, 7) is 4.41. The third-order valence-electron chi connectivity index (χ3n) is 1.96. The number of hydrogen-bond donors (Lipinski definition) is 1. The van der Waals surface area contributed by atoms with E-state index in [0.717, 1.165) is 11.4 Å². The summed E-state index contributed by atoms with van der Waals surface area (Å²) in [5.41, 5.74) is 6.55. The van der Waals surface area contributed by atoms with Gasteiger partial charge in [-0.2, -0.15) is 0 Å². The summed E-state index contributed by atoms with van der Waals surface area (Å²) in [5, 5.41) is 0. The summed E-state index contributed by atoms with van der Waals surface area (Å²) in [6, 6.07) is 3.70. The fourth-order valence-corrected chi connectivity index (χ4v) is 1.23. The lowest BCUT2D eigenvalue weighted by Gasteiger charge is -2.13. The van der Waals surface area contributed by atoms with Crippen LogP contribution in [0.3, 0.4) is 0 Å². The predicted octanol–water partition coefficient (Wildman–Crippen LogP) is 1.52. The van der Waals surface area contributed by atoms with Crippen molar-refractivity contribution >= 4 is 0 Å². The second-order valence-corrected chi connectivity index (χ2v) is 3.59. The third kappa shape index (κ3) is 3.85. The van der Waals surface area contributed by atoms with E-state index < -0.39 is 0 Å². The van der Waals surface area contributed by atoms with Gasteiger partial charge in [0.15, 0.2) is 0 Å². The Morgan fingerprint density at radius 2 is 2.13 bits per heavy atom. The first-order chi connectivity index (χ1) is 7.13. The van der Waals surface area contributed by atoms with Crippen LogP contribution in [-0.4, -0.2) is 24.8 Å². The van der Waals surface area contributed by atoms with Crippen LogP contribution < -0.4 is 10.5 Å². The Kier molecular flexibility index (Phi) is 4.52. The molecule has 0 fully saturated rings. The number of nitrogens with zero attached hydrogens (tertiary/aromatic N) is 1. The summed E-state index contributed by atoms with van der Waals surface area (Å²) < 4.78 is 10.5. The molecule has 0 aromatic carbocycles. The van der Waals surface area contributed by atoms with Crippen LogP contribution in [0.25, 0.3) is 0 Å². The predicted molar refractivity (Wildman–Crippen MR) is 58.8 cm³/mol. The largest absolute Gasteiger partial charge is 0.487 e. The second-order valence-electron chi connectivity index (χ2n) is 3.59. The molecule has 0 aliphatic heterocycles. The van der Waals surface area contributed by atoms with Gasteiger partial charge in [0.1, 0.15) is 11.9 Å². The second kappa shape index (κ2) is 5.68. The Morgan fingerprint density at radius 1 is 1.40 bits per heavy atom. The molecule has 0 bridgehead atoms. The van der Waals surface area contributed by atoms with Crippen molar-refractivity contribution in [1.29, 1.82) is 0 Å². The highest BCUT2D eigenvalue weighted by Gasteiger charge is 2.05. The van der Waals surface area contributed by atoms with E-state index in [4.69, 9.17) is 15.2 Å². The molecule has 2 atom stereocenters. The van der Waals surface area contributed by atoms with Crippen molar-refractivity contribution in [2.75, 3.05) is 13.7 Å². The minimum absolute atomic E-state index is 0.0259. The standard InChI is InChI=1S/C11H18N2O2/c1-8(7-14-3)15-10-4-5-11(9(2)12)13-6-10/h4-6,8-9H,7,12H2,1-3H3/t8?,9-/m0/s1. The summed E-state index contributed by atoms with van der Waals surface area (Å²) >= 11 is 0. The molecule has 1 rings (SSSR count). The Labute approximate surface area is 90.4 Å². The van der Waals surface area contributed by atoms with Crippen molar-refractivity contribution in [1.82, 2.24) is 4.98 Å². The van der Waals surface area contributed by atoms with E-state index >= 15 is 0 Å². The Bertz CT molecular complexity index is 285. The van der Waals surface area contributed by atoms with Crippen molar-refractivity contribution in [3.8, 4) is 5.75 Å². The summed E-state index contributed by atoms with van der Waals surface area (Å²) in [5.74, 6) is 0.740. The van der Waals surface area contributed by atoms with Crippen LogP contribution in [0.1, 0.15) is 25.6 Å². The zero-order chi connectivity index (χ0) is 11.3. The van der Waals surface area contributed by atoms with Crippen LogP contribution in [0.15, 0.2) is 18.3 Å². The number of rotatable bonds is 5. The minimum atomic E-state index is -0.0459. The van der Waals surface area contributed by atoms with Gasteiger partial charge in [-0.3, -0.25) is 4.98 Å². The third-order valence-corrected chi connectivity index (χ3v) is 1.96. The molecule has 0 aliphatic carbocycles. The van der Waals surface area contributed by atoms with Gasteiger partial charge in [-0.1, -0.05) is 0 Å². The maximum atomic E-state index is 5.69. The molecule has 4 heteroatoms. The number of methoxy groups -OCH3 is 1. The van der Waals surface area contributed by atoms with Crippen molar-refractivity contribution in [3.05, 3.63) is 24.0 Å². The van der Waals surface area contributed by atoms with E-state index in [9.17, 15) is 0 Å². The fraction of sp³-hybridized carbons (Fsp3) is 0.545. The van der Waals surface area contributed by atoms with Crippen LogP contribution in [0.5, 0.6) is 5.75 Å². The molecule has 1 unspecified atom stereocenters. The minimum Gasteiger partial charge on any atom is -0.487 e. The lowest BCUT2D eigenvalue weighted by Crippen LogP contribution is -2.18. The summed E-state index contributed by atoms with van der Waals surface area (Å²) in [7, 11) is 1.65. The van der Waals surface area contributed by atoms with Crippen molar-refractivity contribution in [3.63, 3.8) is 0 Å². The molecule has 1 heterocycles. The number of nitrogens with two attached hydrogens (primary N) is 1. The van der Waals surface area contributed by atoms with Gasteiger partial charge in [0.2, 0.25) is 0 Å². The zero-order valence-electron chi connectivity index (χ0n) is 9.43. The van der Waals surface area contributed by atoms with Gasteiger partial charge in [0.05, 0.1) is 18.5 Å². The summed E-state index contributed by atoms with van der Waals surface area (Å²) in [6.07, 6.45) is 1.71. The average molecular weight is 210 g/mol. The van der Waals surface area contributed by atoms with E-state index in [1.807, 2.05) is 26.0 Å². The van der Waals surface area contributed by atoms with Crippen LogP contribution in [0.2, 0.25) is 0 Å². The van der Waals surface area contributed by atoms with Gasteiger partial charge in [-0.25, -0.2) is 0 Å². The molecule has 0 amide bonds. The number of aromatic nitrogens is 1. The van der Waals surface area contributed by atoms with Crippen molar-refractivity contribution < 1.29 is 9.47 Å². The fourth-order valence-electron chi connectivity index (χ4n) is 1.23. The van der Waals surface area contributed by atoms with E-state index in [0.29, 0.717) is 6.61 Å². The van der Waals surface area contributed by atoms with E-state index in [1.165, 1.54) is 0 Å². The molecule has 0 spiro atoms. The quantitative estimate of drug-likeness (QED) is 0.800. The topological polar surface area (TPSA) is 57.4 Å². The van der Waals surface area contributed by atoms with Gasteiger partial charge in [0.25, 0.3) is 0 Å². The first kappa shape index (κ1) is 11.9. The highest BCUT2D eigenvalue weighted by molar-refractivity contribution is 5.21. The molecule has 1 aromatic rings. The first-order valence-electron chi connectivity index (χ1n) is 5.00. The number of ether oxygens (including phenoxy) is 2. The van der Waals surface area contributed by atoms with Crippen molar-refractivity contribution in [2.24, 2.45) is 5.73 Å². The maximum absolute atomic E-state index is 5.69. The number of pyridine rings is 1. The van der Waals surface area contributed by atoms with Crippen LogP contribution in [-0.2, 0) is 4.74 Å². The van der Waals surface area contributed by atoms with Gasteiger partial charge < -0.3 is 15.2 Å². The molecular formula is C11H18N2O2. The average Bonchev–Trinajstić information content (AvgIpc) is 2.18. The Balaban J connectivity index is 2.56. The van der Waals surface area contributed by atoms with Crippen LogP contribution in [0.4, 0.5) is 0 Å². The SMILES string of the molecule is COCC(C)Oc1ccc([C@H](C)N)nc1. The summed E-state index contributed by atoms with van der Waals surface area (Å²) in [4.78, 5) is 4.20. The lowest BCUT2D eigenvalue weighted by atomic mass is 10.2. The first-order valence-corrected chi connectivity index (χ1v) is 5.00. The molecule has 0 saturated carbocycles. The Hall–Kier alpha value is -1.13. The molecule has 15 heavy (non-hydrogen) atoms. The van der Waals surface area contributed by atoms with Gasteiger partial charge in [0, 0.05) is 13.2 Å². The van der Waals surface area contributed by atoms with E-state index in [2.05, 4.69) is 4.98 Å². The molecule has 0 aliphatic rings. The van der Waals surface area contributed by atoms with Crippen molar-refractivity contribution in [2.45, 2.75) is 26.0 Å². The van der Waals surface area contributed by atoms with Gasteiger partial charge in [-0.05, 0) is 26.0 Å². The van der Waals surface area contributed by atoms with E-state index in [-0.39, 0.29) is 12.1 Å².